The van der Waals surface area contributed by atoms with Gasteiger partial charge in [0, 0.05) is 6.92 Å². The molecule has 0 aliphatic carbocycles. The number of anilines is 1. The molecule has 1 aromatic rings. The van der Waals surface area contributed by atoms with E-state index >= 15 is 0 Å². The zero-order chi connectivity index (χ0) is 11.3. The maximum atomic E-state index is 13.0. The highest BCUT2D eigenvalue weighted by Gasteiger charge is 2.05. The van der Waals surface area contributed by atoms with Crippen LogP contribution in [0.3, 0.4) is 0 Å². The van der Waals surface area contributed by atoms with Crippen molar-refractivity contribution in [3.8, 4) is 0 Å². The molecule has 0 aromatic heterocycles. The van der Waals surface area contributed by atoms with Crippen LogP contribution >= 0.6 is 0 Å². The number of para-hydroxylation sites is 1. The number of nitrogens with one attached hydrogen (secondary N) is 2. The van der Waals surface area contributed by atoms with Crippen LogP contribution in [0, 0.1) is 5.82 Å². The van der Waals surface area contributed by atoms with E-state index in [1.807, 2.05) is 0 Å². The molecule has 4 nitrogen and oxygen atoms in total. The van der Waals surface area contributed by atoms with Crippen molar-refractivity contribution in [2.45, 2.75) is 6.92 Å². The minimum absolute atomic E-state index is 0.104. The number of carbonyl (C=O) groups is 2. The second-order valence-electron chi connectivity index (χ2n) is 2.94. The van der Waals surface area contributed by atoms with Crippen molar-refractivity contribution < 1.29 is 14.0 Å². The Hall–Kier alpha value is -1.91. The first kappa shape index (κ1) is 11.2. The Labute approximate surface area is 86.5 Å². The van der Waals surface area contributed by atoms with E-state index in [0.29, 0.717) is 0 Å². The molecule has 0 aliphatic rings. The molecule has 0 heterocycles. The van der Waals surface area contributed by atoms with Gasteiger partial charge in [-0.25, -0.2) is 4.39 Å². The second-order valence-corrected chi connectivity index (χ2v) is 2.94. The van der Waals surface area contributed by atoms with Gasteiger partial charge in [-0.3, -0.25) is 9.59 Å². The number of rotatable bonds is 3. The standard InChI is InChI=1S/C10H11FN2O2/c1-7(14)12-6-10(15)13-9-5-3-2-4-8(9)11/h2-5H,6H2,1H3,(H,12,14)(H,13,15). The van der Waals surface area contributed by atoms with Crippen LogP contribution in [-0.4, -0.2) is 18.4 Å². The lowest BCUT2D eigenvalue weighted by atomic mass is 10.3. The Morgan fingerprint density at radius 2 is 2.00 bits per heavy atom. The molecule has 0 atom stereocenters. The smallest absolute Gasteiger partial charge is 0.243 e. The molecule has 0 unspecified atom stereocenters. The molecule has 0 aliphatic heterocycles. The zero-order valence-corrected chi connectivity index (χ0v) is 8.21. The van der Waals surface area contributed by atoms with Gasteiger partial charge in [-0.1, -0.05) is 12.1 Å². The molecule has 0 saturated heterocycles. The molecule has 2 amide bonds. The van der Waals surface area contributed by atoms with Gasteiger partial charge in [0.05, 0.1) is 12.2 Å². The zero-order valence-electron chi connectivity index (χ0n) is 8.21. The number of hydrogen-bond donors (Lipinski definition) is 2. The fourth-order valence-electron chi connectivity index (χ4n) is 0.962. The molecule has 0 spiro atoms. The largest absolute Gasteiger partial charge is 0.347 e. The average Bonchev–Trinajstić information content (AvgIpc) is 2.18. The van der Waals surface area contributed by atoms with Gasteiger partial charge in [0.2, 0.25) is 11.8 Å². The maximum absolute atomic E-state index is 13.0. The number of carbonyl (C=O) groups excluding carboxylic acids is 2. The van der Waals surface area contributed by atoms with Crippen molar-refractivity contribution in [1.29, 1.82) is 0 Å². The highest BCUT2D eigenvalue weighted by molar-refractivity contribution is 5.94. The van der Waals surface area contributed by atoms with E-state index in [1.165, 1.54) is 25.1 Å². The van der Waals surface area contributed by atoms with Crippen LogP contribution in [0.25, 0.3) is 0 Å². The lowest BCUT2D eigenvalue weighted by Gasteiger charge is -2.05. The Kier molecular flexibility index (Phi) is 3.79. The maximum Gasteiger partial charge on any atom is 0.243 e. The first-order chi connectivity index (χ1) is 7.09. The Morgan fingerprint density at radius 3 is 2.60 bits per heavy atom. The molecule has 0 fully saturated rings. The molecular formula is C10H11FN2O2. The summed E-state index contributed by atoms with van der Waals surface area (Å²) in [6.07, 6.45) is 0. The summed E-state index contributed by atoms with van der Waals surface area (Å²) in [4.78, 5) is 21.7. The summed E-state index contributed by atoms with van der Waals surface area (Å²) in [5.41, 5.74) is 0.104. The predicted octanol–water partition coefficient (Wildman–Crippen LogP) is 0.900. The van der Waals surface area contributed by atoms with Crippen LogP contribution in [0.5, 0.6) is 0 Å². The fourth-order valence-corrected chi connectivity index (χ4v) is 0.962. The van der Waals surface area contributed by atoms with Crippen molar-refractivity contribution in [2.75, 3.05) is 11.9 Å². The van der Waals surface area contributed by atoms with Crippen LogP contribution in [-0.2, 0) is 9.59 Å². The summed E-state index contributed by atoms with van der Waals surface area (Å²) in [6.45, 7) is 1.14. The van der Waals surface area contributed by atoms with E-state index in [4.69, 9.17) is 0 Å². The van der Waals surface area contributed by atoms with Crippen LogP contribution < -0.4 is 10.6 Å². The lowest BCUT2D eigenvalue weighted by Crippen LogP contribution is -2.31. The highest BCUT2D eigenvalue weighted by atomic mass is 19.1. The van der Waals surface area contributed by atoms with E-state index < -0.39 is 11.7 Å². The molecule has 0 radical (unpaired) electrons. The first-order valence-electron chi connectivity index (χ1n) is 4.38. The van der Waals surface area contributed by atoms with Crippen molar-refractivity contribution in [1.82, 2.24) is 5.32 Å². The van der Waals surface area contributed by atoms with E-state index in [0.717, 1.165) is 0 Å². The SMILES string of the molecule is CC(=O)NCC(=O)Nc1ccccc1F. The summed E-state index contributed by atoms with van der Waals surface area (Å²) in [7, 11) is 0. The van der Waals surface area contributed by atoms with Gasteiger partial charge >= 0.3 is 0 Å². The topological polar surface area (TPSA) is 58.2 Å². The summed E-state index contributed by atoms with van der Waals surface area (Å²) in [5, 5.41) is 4.65. The summed E-state index contributed by atoms with van der Waals surface area (Å²) < 4.78 is 13.0. The number of hydrogen-bond acceptors (Lipinski definition) is 2. The van der Waals surface area contributed by atoms with Crippen LogP contribution in [0.2, 0.25) is 0 Å². The molecular weight excluding hydrogens is 199 g/mol. The van der Waals surface area contributed by atoms with Gasteiger partial charge in [-0.05, 0) is 12.1 Å². The molecule has 0 bridgehead atoms. The Balaban J connectivity index is 2.52. The number of benzene rings is 1. The van der Waals surface area contributed by atoms with Crippen molar-refractivity contribution in [3.63, 3.8) is 0 Å². The third-order valence-corrected chi connectivity index (χ3v) is 1.65. The lowest BCUT2D eigenvalue weighted by molar-refractivity contribution is -0.122. The number of halogens is 1. The first-order valence-corrected chi connectivity index (χ1v) is 4.38. The summed E-state index contributed by atoms with van der Waals surface area (Å²) >= 11 is 0. The van der Waals surface area contributed by atoms with Crippen molar-refractivity contribution >= 4 is 17.5 Å². The molecule has 1 rings (SSSR count). The van der Waals surface area contributed by atoms with E-state index in [-0.39, 0.29) is 18.1 Å². The fraction of sp³-hybridized carbons (Fsp3) is 0.200. The quantitative estimate of drug-likeness (QED) is 0.778. The Bertz CT molecular complexity index is 379. The van der Waals surface area contributed by atoms with Gasteiger partial charge < -0.3 is 10.6 Å². The third kappa shape index (κ3) is 3.76. The average molecular weight is 210 g/mol. The second kappa shape index (κ2) is 5.09. The van der Waals surface area contributed by atoms with Crippen molar-refractivity contribution in [2.24, 2.45) is 0 Å². The van der Waals surface area contributed by atoms with E-state index in [1.54, 1.807) is 6.07 Å². The molecule has 80 valence electrons. The van der Waals surface area contributed by atoms with Gasteiger partial charge in [-0.15, -0.1) is 0 Å². The van der Waals surface area contributed by atoms with Crippen LogP contribution in [0.15, 0.2) is 24.3 Å². The minimum Gasteiger partial charge on any atom is -0.347 e. The van der Waals surface area contributed by atoms with Crippen LogP contribution in [0.4, 0.5) is 10.1 Å². The van der Waals surface area contributed by atoms with Gasteiger partial charge in [0.15, 0.2) is 0 Å². The van der Waals surface area contributed by atoms with E-state index in [9.17, 15) is 14.0 Å². The van der Waals surface area contributed by atoms with Gasteiger partial charge in [0.1, 0.15) is 5.82 Å². The number of amides is 2. The highest BCUT2D eigenvalue weighted by Crippen LogP contribution is 2.11. The van der Waals surface area contributed by atoms with E-state index in [2.05, 4.69) is 10.6 Å². The normalized spacial score (nSPS) is 9.47. The summed E-state index contributed by atoms with van der Waals surface area (Å²) in [6, 6.07) is 5.82. The molecule has 2 N–H and O–H groups in total. The molecule has 0 saturated carbocycles. The Morgan fingerprint density at radius 1 is 1.33 bits per heavy atom. The predicted molar refractivity (Wildman–Crippen MR) is 53.7 cm³/mol. The van der Waals surface area contributed by atoms with Gasteiger partial charge in [0.25, 0.3) is 0 Å². The third-order valence-electron chi connectivity index (χ3n) is 1.65. The van der Waals surface area contributed by atoms with Crippen molar-refractivity contribution in [3.05, 3.63) is 30.1 Å². The molecule has 15 heavy (non-hydrogen) atoms. The van der Waals surface area contributed by atoms with Crippen LogP contribution in [0.1, 0.15) is 6.92 Å². The monoisotopic (exact) mass is 210 g/mol. The summed E-state index contributed by atoms with van der Waals surface area (Å²) in [5.74, 6) is -1.28. The minimum atomic E-state index is -0.506. The van der Waals surface area contributed by atoms with Gasteiger partial charge in [-0.2, -0.15) is 0 Å². The molecule has 5 heteroatoms. The molecule has 1 aromatic carbocycles.